The van der Waals surface area contributed by atoms with Gasteiger partial charge in [-0.3, -0.25) is 8.63 Å². The van der Waals surface area contributed by atoms with Crippen molar-refractivity contribution in [2.75, 3.05) is 13.1 Å². The van der Waals surface area contributed by atoms with Crippen LogP contribution in [0.2, 0.25) is 0 Å². The highest BCUT2D eigenvalue weighted by Gasteiger charge is 2.10. The fourth-order valence-corrected chi connectivity index (χ4v) is 1.01. The summed E-state index contributed by atoms with van der Waals surface area (Å²) in [7, 11) is -2.37. The van der Waals surface area contributed by atoms with E-state index in [-0.39, 0.29) is 0 Å². The van der Waals surface area contributed by atoms with Gasteiger partial charge in [0.2, 0.25) is 0 Å². The molecule has 70 valence electrons. The quantitative estimate of drug-likeness (QED) is 0.503. The van der Waals surface area contributed by atoms with Crippen molar-refractivity contribution in [1.82, 2.24) is 0 Å². The van der Waals surface area contributed by atoms with E-state index in [0.29, 0.717) is 13.0 Å². The number of halogens is 2. The van der Waals surface area contributed by atoms with Crippen molar-refractivity contribution >= 4 is 7.27 Å². The molecule has 0 aromatic heterocycles. The summed E-state index contributed by atoms with van der Waals surface area (Å²) in [5.41, 5.74) is 1.11. The van der Waals surface area contributed by atoms with Gasteiger partial charge in [-0.15, -0.1) is 0 Å². The summed E-state index contributed by atoms with van der Waals surface area (Å²) in [6.07, 6.45) is 0.688. The van der Waals surface area contributed by atoms with Gasteiger partial charge in [-0.25, -0.2) is 0 Å². The Bertz CT molecular complexity index is 228. The highest BCUT2D eigenvalue weighted by atomic mass is 19.2. The summed E-state index contributed by atoms with van der Waals surface area (Å²) < 4.78 is 28.0. The van der Waals surface area contributed by atoms with Gasteiger partial charge in [0, 0.05) is 6.61 Å². The van der Waals surface area contributed by atoms with Crippen molar-refractivity contribution in [3.8, 4) is 0 Å². The van der Waals surface area contributed by atoms with Gasteiger partial charge in [0.25, 0.3) is 0 Å². The zero-order valence-corrected chi connectivity index (χ0v) is 7.25. The molecule has 0 aliphatic heterocycles. The summed E-state index contributed by atoms with van der Waals surface area (Å²) in [6, 6.07) is 9.66. The van der Waals surface area contributed by atoms with Gasteiger partial charge in [0.15, 0.2) is 0 Å². The highest BCUT2D eigenvalue weighted by molar-refractivity contribution is 6.42. The molecule has 0 saturated carbocycles. The molecular weight excluding hydrogens is 173 g/mol. The minimum absolute atomic E-state index is 0.356. The summed E-state index contributed by atoms with van der Waals surface area (Å²) in [5, 5.41) is 0. The number of rotatable bonds is 5. The van der Waals surface area contributed by atoms with E-state index >= 15 is 0 Å². The summed E-state index contributed by atoms with van der Waals surface area (Å²) >= 11 is 0. The van der Waals surface area contributed by atoms with Gasteiger partial charge >= 0.3 is 7.27 Å². The van der Waals surface area contributed by atoms with Gasteiger partial charge in [0.1, 0.15) is 0 Å². The van der Waals surface area contributed by atoms with Crippen molar-refractivity contribution in [3.05, 3.63) is 35.9 Å². The molecule has 1 nitrogen and oxygen atoms in total. The first-order valence-electron chi connectivity index (χ1n) is 4.19. The lowest BCUT2D eigenvalue weighted by atomic mass is 10.0. The average molecular weight is 184 g/mol. The van der Waals surface area contributed by atoms with Crippen molar-refractivity contribution in [3.63, 3.8) is 0 Å². The molecule has 0 aliphatic rings. The van der Waals surface area contributed by atoms with Gasteiger partial charge in [-0.1, -0.05) is 30.3 Å². The predicted octanol–water partition coefficient (Wildman–Crippen LogP) is 2.21. The van der Waals surface area contributed by atoms with E-state index in [1.807, 2.05) is 30.3 Å². The number of benzene rings is 1. The van der Waals surface area contributed by atoms with Crippen LogP contribution in [0.4, 0.5) is 8.63 Å². The Balaban J connectivity index is 2.13. The predicted molar refractivity (Wildman–Crippen MR) is 48.9 cm³/mol. The molecular formula is C9H11BF2O. The normalized spacial score (nSPS) is 10.0. The van der Waals surface area contributed by atoms with Crippen LogP contribution in [0.15, 0.2) is 30.3 Å². The molecule has 1 aromatic carbocycles. The van der Waals surface area contributed by atoms with Crippen LogP contribution in [-0.2, 0) is 11.2 Å². The average Bonchev–Trinajstić information content (AvgIpc) is 2.14. The summed E-state index contributed by atoms with van der Waals surface area (Å²) in [5.74, 6) is 0. The molecule has 0 atom stereocenters. The van der Waals surface area contributed by atoms with Gasteiger partial charge in [-0.05, 0) is 12.0 Å². The number of hydrogen-bond acceptors (Lipinski definition) is 1. The molecule has 1 aromatic rings. The van der Waals surface area contributed by atoms with Crippen LogP contribution in [0, 0.1) is 0 Å². The van der Waals surface area contributed by atoms with Crippen LogP contribution in [-0.4, -0.2) is 20.4 Å². The van der Waals surface area contributed by atoms with Crippen LogP contribution in [0.1, 0.15) is 5.56 Å². The smallest absolute Gasteiger partial charge is 0.383 e. The molecule has 0 radical (unpaired) electrons. The Kier molecular flexibility index (Phi) is 4.47. The second kappa shape index (κ2) is 5.70. The molecule has 0 bridgehead atoms. The molecule has 0 saturated heterocycles. The third-order valence-corrected chi connectivity index (χ3v) is 1.62. The topological polar surface area (TPSA) is 9.23 Å². The summed E-state index contributed by atoms with van der Waals surface area (Å²) in [6.45, 7) is -0.110. The Morgan fingerprint density at radius 1 is 1.15 bits per heavy atom. The van der Waals surface area contributed by atoms with E-state index in [0.717, 1.165) is 5.56 Å². The lowest BCUT2D eigenvalue weighted by Crippen LogP contribution is -2.11. The molecule has 1 rings (SSSR count). The highest BCUT2D eigenvalue weighted by Crippen LogP contribution is 1.99. The van der Waals surface area contributed by atoms with Crippen LogP contribution in [0.25, 0.3) is 0 Å². The molecule has 0 fully saturated rings. The first-order chi connectivity index (χ1) is 6.29. The zero-order valence-electron chi connectivity index (χ0n) is 7.25. The molecule has 0 aliphatic carbocycles. The maximum atomic E-state index is 11.6. The number of ether oxygens (including phenoxy) is 1. The Labute approximate surface area is 76.9 Å². The standard InChI is InChI=1S/C9H11BF2O/c11-10(12)8-13-7-6-9-4-2-1-3-5-9/h1-5H,6-8H2. The Morgan fingerprint density at radius 3 is 2.46 bits per heavy atom. The fourth-order valence-electron chi connectivity index (χ4n) is 1.01. The maximum absolute atomic E-state index is 11.6. The van der Waals surface area contributed by atoms with E-state index in [4.69, 9.17) is 4.74 Å². The zero-order chi connectivity index (χ0) is 9.52. The maximum Gasteiger partial charge on any atom is 0.563 e. The van der Waals surface area contributed by atoms with Crippen LogP contribution < -0.4 is 0 Å². The third-order valence-electron chi connectivity index (χ3n) is 1.62. The second-order valence-electron chi connectivity index (χ2n) is 2.70. The van der Waals surface area contributed by atoms with E-state index < -0.39 is 13.8 Å². The van der Waals surface area contributed by atoms with Crippen molar-refractivity contribution in [1.29, 1.82) is 0 Å². The van der Waals surface area contributed by atoms with Crippen molar-refractivity contribution in [2.45, 2.75) is 6.42 Å². The van der Waals surface area contributed by atoms with Crippen molar-refractivity contribution < 1.29 is 13.4 Å². The summed E-state index contributed by atoms with van der Waals surface area (Å²) in [4.78, 5) is 0. The minimum atomic E-state index is -2.37. The van der Waals surface area contributed by atoms with E-state index in [2.05, 4.69) is 0 Å². The van der Waals surface area contributed by atoms with Crippen molar-refractivity contribution in [2.24, 2.45) is 0 Å². The first kappa shape index (κ1) is 10.2. The second-order valence-corrected chi connectivity index (χ2v) is 2.70. The van der Waals surface area contributed by atoms with E-state index in [9.17, 15) is 8.63 Å². The van der Waals surface area contributed by atoms with Gasteiger partial charge in [-0.2, -0.15) is 0 Å². The largest absolute Gasteiger partial charge is 0.563 e. The molecule has 13 heavy (non-hydrogen) atoms. The molecule has 0 unspecified atom stereocenters. The lowest BCUT2D eigenvalue weighted by molar-refractivity contribution is 0.169. The first-order valence-corrected chi connectivity index (χ1v) is 4.19. The van der Waals surface area contributed by atoms with Gasteiger partial charge in [0.05, 0.1) is 6.51 Å². The van der Waals surface area contributed by atoms with E-state index in [1.54, 1.807) is 0 Å². The van der Waals surface area contributed by atoms with E-state index in [1.165, 1.54) is 0 Å². The number of hydrogen-bond donors (Lipinski definition) is 0. The monoisotopic (exact) mass is 184 g/mol. The molecule has 0 N–H and O–H groups in total. The van der Waals surface area contributed by atoms with Crippen LogP contribution >= 0.6 is 0 Å². The molecule has 0 spiro atoms. The van der Waals surface area contributed by atoms with Gasteiger partial charge < -0.3 is 4.74 Å². The minimum Gasteiger partial charge on any atom is -0.383 e. The Morgan fingerprint density at radius 2 is 1.85 bits per heavy atom. The molecule has 0 amide bonds. The fraction of sp³-hybridized carbons (Fsp3) is 0.333. The lowest BCUT2D eigenvalue weighted by Gasteiger charge is -2.01. The Hall–Kier alpha value is -0.895. The molecule has 0 heterocycles. The molecule has 4 heteroatoms. The third kappa shape index (κ3) is 4.63. The van der Waals surface area contributed by atoms with Crippen LogP contribution in [0.3, 0.4) is 0 Å². The SMILES string of the molecule is FB(F)COCCc1ccccc1. The van der Waals surface area contributed by atoms with Crippen LogP contribution in [0.5, 0.6) is 0 Å².